The zero-order chi connectivity index (χ0) is 20.2. The van der Waals surface area contributed by atoms with Crippen LogP contribution in [0.5, 0.6) is 11.5 Å². The number of ether oxygens (including phenoxy) is 2. The van der Waals surface area contributed by atoms with Crippen LogP contribution in [0.3, 0.4) is 0 Å². The smallest absolute Gasteiger partial charge is 0.326 e. The Morgan fingerprint density at radius 1 is 1.17 bits per heavy atom. The maximum atomic E-state index is 12.7. The Balaban J connectivity index is 1.55. The number of nitrogens with zero attached hydrogens (tertiary/aromatic N) is 1. The number of benzene rings is 2. The Bertz CT molecular complexity index is 1010. The molecule has 1 saturated heterocycles. The summed E-state index contributed by atoms with van der Waals surface area (Å²) in [5.74, 6) is 1.49. The summed E-state index contributed by atoms with van der Waals surface area (Å²) < 4.78 is 12.9. The molecular formula is C22H27N3O4. The highest BCUT2D eigenvalue weighted by Crippen LogP contribution is 2.31. The van der Waals surface area contributed by atoms with Crippen molar-refractivity contribution in [3.63, 3.8) is 0 Å². The molecule has 3 N–H and O–H groups in total. The van der Waals surface area contributed by atoms with Gasteiger partial charge in [0.15, 0.2) is 11.5 Å². The number of methoxy groups -OCH3 is 1. The number of fused-ring (bicyclic) bond motifs is 1. The van der Waals surface area contributed by atoms with Crippen molar-refractivity contribution in [2.24, 2.45) is 5.92 Å². The normalized spacial score (nSPS) is 18.6. The van der Waals surface area contributed by atoms with Crippen molar-refractivity contribution < 1.29 is 14.6 Å². The molecule has 3 atom stereocenters. The number of imidazole rings is 1. The number of H-pyrrole nitrogens is 1. The van der Waals surface area contributed by atoms with E-state index in [0.717, 1.165) is 30.5 Å². The third kappa shape index (κ3) is 4.16. The molecule has 1 aliphatic rings. The van der Waals surface area contributed by atoms with Gasteiger partial charge in [0, 0.05) is 6.04 Å². The first-order chi connectivity index (χ1) is 14.2. The molecule has 3 unspecified atom stereocenters. The summed E-state index contributed by atoms with van der Waals surface area (Å²) >= 11 is 0. The molecule has 0 spiro atoms. The van der Waals surface area contributed by atoms with Crippen molar-refractivity contribution in [1.29, 1.82) is 0 Å². The molecule has 0 amide bonds. The predicted molar refractivity (Wildman–Crippen MR) is 112 cm³/mol. The van der Waals surface area contributed by atoms with E-state index in [2.05, 4.69) is 10.3 Å². The van der Waals surface area contributed by atoms with Crippen LogP contribution >= 0.6 is 0 Å². The summed E-state index contributed by atoms with van der Waals surface area (Å²) in [7, 11) is 1.59. The largest absolute Gasteiger partial charge is 0.493 e. The van der Waals surface area contributed by atoms with Crippen LogP contribution in [-0.2, 0) is 0 Å². The summed E-state index contributed by atoms with van der Waals surface area (Å²) in [6, 6.07) is 14.9. The van der Waals surface area contributed by atoms with Crippen molar-refractivity contribution >= 4 is 11.0 Å². The van der Waals surface area contributed by atoms with E-state index in [0.29, 0.717) is 17.9 Å². The number of para-hydroxylation sites is 4. The monoisotopic (exact) mass is 397 g/mol. The number of aromatic amines is 1. The number of hydrogen-bond donors (Lipinski definition) is 3. The molecule has 2 aromatic carbocycles. The summed E-state index contributed by atoms with van der Waals surface area (Å²) in [6.07, 6.45) is 0.686. The van der Waals surface area contributed by atoms with Crippen molar-refractivity contribution in [2.75, 3.05) is 26.8 Å². The first-order valence-electron chi connectivity index (χ1n) is 10.0. The number of nitrogens with one attached hydrogen (secondary N) is 2. The van der Waals surface area contributed by atoms with E-state index in [1.165, 1.54) is 0 Å². The van der Waals surface area contributed by atoms with Gasteiger partial charge in [-0.25, -0.2) is 4.79 Å². The number of aliphatic hydroxyl groups is 1. The van der Waals surface area contributed by atoms with Crippen LogP contribution < -0.4 is 20.5 Å². The van der Waals surface area contributed by atoms with Crippen LogP contribution in [-0.4, -0.2) is 47.6 Å². The third-order valence-electron chi connectivity index (χ3n) is 5.61. The van der Waals surface area contributed by atoms with Gasteiger partial charge in [0.2, 0.25) is 0 Å². The van der Waals surface area contributed by atoms with E-state index in [1.54, 1.807) is 11.7 Å². The number of hydrogen-bond acceptors (Lipinski definition) is 5. The van der Waals surface area contributed by atoms with Crippen molar-refractivity contribution in [2.45, 2.75) is 25.0 Å². The van der Waals surface area contributed by atoms with Gasteiger partial charge in [-0.1, -0.05) is 24.3 Å². The number of aliphatic hydroxyl groups excluding tert-OH is 1. The van der Waals surface area contributed by atoms with Crippen molar-refractivity contribution in [3.8, 4) is 11.5 Å². The molecule has 0 aliphatic carbocycles. The molecule has 0 radical (unpaired) electrons. The Morgan fingerprint density at radius 3 is 2.69 bits per heavy atom. The van der Waals surface area contributed by atoms with Crippen LogP contribution in [0.2, 0.25) is 0 Å². The van der Waals surface area contributed by atoms with Crippen LogP contribution in [0.1, 0.15) is 18.9 Å². The van der Waals surface area contributed by atoms with Crippen molar-refractivity contribution in [3.05, 3.63) is 59.0 Å². The van der Waals surface area contributed by atoms with Crippen molar-refractivity contribution in [1.82, 2.24) is 14.9 Å². The lowest BCUT2D eigenvalue weighted by Gasteiger charge is -2.27. The van der Waals surface area contributed by atoms with Gasteiger partial charge in [0.1, 0.15) is 6.61 Å². The first kappa shape index (κ1) is 19.5. The fourth-order valence-corrected chi connectivity index (χ4v) is 4.19. The molecule has 0 bridgehead atoms. The van der Waals surface area contributed by atoms with E-state index in [-0.39, 0.29) is 24.3 Å². The molecule has 7 nitrogen and oxygen atoms in total. The fraction of sp³-hybridized carbons (Fsp3) is 0.409. The molecule has 2 heterocycles. The summed E-state index contributed by atoms with van der Waals surface area (Å²) in [4.78, 5) is 15.7. The maximum absolute atomic E-state index is 12.7. The molecule has 4 rings (SSSR count). The van der Waals surface area contributed by atoms with E-state index in [9.17, 15) is 9.90 Å². The minimum atomic E-state index is -0.717. The second kappa shape index (κ2) is 8.71. The minimum Gasteiger partial charge on any atom is -0.493 e. The number of rotatable bonds is 8. The topological polar surface area (TPSA) is 88.5 Å². The average molecular weight is 397 g/mol. The van der Waals surface area contributed by atoms with E-state index in [1.807, 2.05) is 48.5 Å². The van der Waals surface area contributed by atoms with E-state index < -0.39 is 6.10 Å². The first-order valence-corrected chi connectivity index (χ1v) is 10.0. The third-order valence-corrected chi connectivity index (χ3v) is 5.61. The fourth-order valence-electron chi connectivity index (χ4n) is 4.19. The Hall–Kier alpha value is -2.77. The highest BCUT2D eigenvalue weighted by Gasteiger charge is 2.31. The van der Waals surface area contributed by atoms with Gasteiger partial charge >= 0.3 is 5.69 Å². The standard InChI is InChI=1S/C22H27N3O4/c1-28-20-8-4-5-9-21(20)29-14-16(26)12-19(15-10-11-23-13-15)25-18-7-3-2-6-17(18)24-22(25)27/h2-9,15-16,19,23,26H,10-14H2,1H3,(H,24,27). The quantitative estimate of drug-likeness (QED) is 0.543. The van der Waals surface area contributed by atoms with Crippen LogP contribution in [0, 0.1) is 5.92 Å². The lowest BCUT2D eigenvalue weighted by molar-refractivity contribution is 0.0765. The van der Waals surface area contributed by atoms with Gasteiger partial charge in [-0.15, -0.1) is 0 Å². The molecular weight excluding hydrogens is 370 g/mol. The van der Waals surface area contributed by atoms with Gasteiger partial charge in [0.05, 0.1) is 24.2 Å². The molecule has 3 aromatic rings. The number of aromatic nitrogens is 2. The van der Waals surface area contributed by atoms with E-state index >= 15 is 0 Å². The Labute approximate surface area is 169 Å². The van der Waals surface area contributed by atoms with E-state index in [4.69, 9.17) is 9.47 Å². The van der Waals surface area contributed by atoms with Gasteiger partial charge in [-0.2, -0.15) is 0 Å². The average Bonchev–Trinajstić information content (AvgIpc) is 3.38. The van der Waals surface area contributed by atoms with Gasteiger partial charge in [-0.05, 0) is 56.1 Å². The minimum absolute atomic E-state index is 0.120. The second-order valence-corrected chi connectivity index (χ2v) is 7.49. The zero-order valence-electron chi connectivity index (χ0n) is 16.5. The Morgan fingerprint density at radius 2 is 1.93 bits per heavy atom. The molecule has 7 heteroatoms. The Kier molecular flexibility index (Phi) is 5.87. The second-order valence-electron chi connectivity index (χ2n) is 7.49. The summed E-state index contributed by atoms with van der Waals surface area (Å²) in [5, 5.41) is 14.1. The van der Waals surface area contributed by atoms with Crippen LogP contribution in [0.25, 0.3) is 11.0 Å². The molecule has 154 valence electrons. The lowest BCUT2D eigenvalue weighted by Crippen LogP contribution is -2.33. The maximum Gasteiger partial charge on any atom is 0.326 e. The van der Waals surface area contributed by atoms with Gasteiger partial charge in [0.25, 0.3) is 0 Å². The molecule has 1 aliphatic heterocycles. The highest BCUT2D eigenvalue weighted by molar-refractivity contribution is 5.75. The summed E-state index contributed by atoms with van der Waals surface area (Å²) in [6.45, 7) is 1.89. The van der Waals surface area contributed by atoms with Crippen LogP contribution in [0.4, 0.5) is 0 Å². The zero-order valence-corrected chi connectivity index (χ0v) is 16.5. The molecule has 1 aromatic heterocycles. The molecule has 29 heavy (non-hydrogen) atoms. The van der Waals surface area contributed by atoms with Crippen LogP contribution in [0.15, 0.2) is 53.3 Å². The lowest BCUT2D eigenvalue weighted by atomic mass is 9.93. The SMILES string of the molecule is COc1ccccc1OCC(O)CC(C1CCNC1)n1c(=O)[nH]c2ccccc21. The molecule has 0 saturated carbocycles. The summed E-state index contributed by atoms with van der Waals surface area (Å²) in [5.41, 5.74) is 1.54. The molecule has 1 fully saturated rings. The van der Waals surface area contributed by atoms with Gasteiger partial charge < -0.3 is 24.9 Å². The highest BCUT2D eigenvalue weighted by atomic mass is 16.5. The van der Waals surface area contributed by atoms with Gasteiger partial charge in [-0.3, -0.25) is 4.57 Å². The predicted octanol–water partition coefficient (Wildman–Crippen LogP) is 2.32.